The monoisotopic (exact) mass is 413 g/mol. The second-order valence-corrected chi connectivity index (χ2v) is 9.57. The number of likely N-dealkylation sites (tertiary alicyclic amines) is 1. The van der Waals surface area contributed by atoms with Crippen LogP contribution in [-0.4, -0.2) is 92.0 Å². The molecule has 10 heteroatoms. The van der Waals surface area contributed by atoms with Crippen molar-refractivity contribution in [1.29, 1.82) is 0 Å². The van der Waals surface area contributed by atoms with E-state index >= 15 is 0 Å². The van der Waals surface area contributed by atoms with Gasteiger partial charge in [0.15, 0.2) is 0 Å². The molecule has 0 aromatic heterocycles. The van der Waals surface area contributed by atoms with Gasteiger partial charge < -0.3 is 5.32 Å². The van der Waals surface area contributed by atoms with Crippen molar-refractivity contribution in [2.75, 3.05) is 39.8 Å². The van der Waals surface area contributed by atoms with Crippen LogP contribution in [0, 0.1) is 11.8 Å². The quantitative estimate of drug-likeness (QED) is 0.387. The zero-order chi connectivity index (χ0) is 20.2. The molecule has 0 aromatic carbocycles. The first-order chi connectivity index (χ1) is 13.9. The highest BCUT2D eigenvalue weighted by Gasteiger charge is 2.62. The van der Waals surface area contributed by atoms with E-state index in [0.29, 0.717) is 18.9 Å². The van der Waals surface area contributed by atoms with E-state index in [1.54, 1.807) is 0 Å². The van der Waals surface area contributed by atoms with Gasteiger partial charge in [-0.25, -0.2) is 13.8 Å². The molecule has 0 spiro atoms. The molecule has 4 aliphatic heterocycles. The van der Waals surface area contributed by atoms with Gasteiger partial charge in [0.05, 0.1) is 12.1 Å². The second kappa shape index (κ2) is 7.74. The van der Waals surface area contributed by atoms with E-state index in [1.165, 1.54) is 0 Å². The van der Waals surface area contributed by atoms with E-state index in [2.05, 4.69) is 36.6 Å². The second-order valence-electron chi connectivity index (χ2n) is 9.57. The first kappa shape index (κ1) is 20.2. The normalized spacial score (nSPS) is 45.3. The number of ketones is 1. The Bertz CT molecular complexity index is 624. The summed E-state index contributed by atoms with van der Waals surface area (Å²) in [5.74, 6) is -4.15. The fourth-order valence-electron chi connectivity index (χ4n) is 5.61. The smallest absolute Gasteiger partial charge is 0.258 e. The minimum Gasteiger partial charge on any atom is -0.309 e. The Kier molecular flexibility index (Phi) is 5.38. The van der Waals surface area contributed by atoms with Gasteiger partial charge in [-0.1, -0.05) is 0 Å². The number of rotatable bonds is 5. The Labute approximate surface area is 170 Å². The summed E-state index contributed by atoms with van der Waals surface area (Å²) in [6.45, 7) is 4.56. The van der Waals surface area contributed by atoms with Crippen molar-refractivity contribution in [2.45, 2.75) is 62.2 Å². The number of hydrogen-bond acceptors (Lipinski definition) is 8. The zero-order valence-electron chi connectivity index (χ0n) is 17.0. The van der Waals surface area contributed by atoms with Crippen LogP contribution in [0.5, 0.6) is 0 Å². The molecule has 0 aromatic rings. The third-order valence-corrected chi connectivity index (χ3v) is 7.16. The molecule has 7 atom stereocenters. The zero-order valence-corrected chi connectivity index (χ0v) is 17.0. The molecule has 5 aliphatic rings. The van der Waals surface area contributed by atoms with Crippen LogP contribution in [0.15, 0.2) is 0 Å². The van der Waals surface area contributed by atoms with Crippen molar-refractivity contribution in [1.82, 2.24) is 36.6 Å². The molecule has 5 N–H and O–H groups in total. The van der Waals surface area contributed by atoms with Crippen LogP contribution in [0.4, 0.5) is 8.78 Å². The topological polar surface area (TPSA) is 83.7 Å². The minimum absolute atomic E-state index is 0.0770. The van der Waals surface area contributed by atoms with Crippen LogP contribution < -0.4 is 26.7 Å². The number of Topliss-reactive ketones (excluding diaryl/α,β-unsaturated/α-hetero) is 1. The predicted octanol–water partition coefficient (Wildman–Crippen LogP) is -1.14. The average molecular weight is 414 g/mol. The molecular formula is C19H33F2N7O. The van der Waals surface area contributed by atoms with Gasteiger partial charge in [0.1, 0.15) is 12.1 Å². The molecule has 164 valence electrons. The number of likely N-dealkylation sites (N-methyl/N-ethyl adjacent to an activating group) is 1. The van der Waals surface area contributed by atoms with Crippen LogP contribution >= 0.6 is 0 Å². The summed E-state index contributed by atoms with van der Waals surface area (Å²) in [5.41, 5.74) is 3.31. The summed E-state index contributed by atoms with van der Waals surface area (Å²) >= 11 is 0. The SMILES string of the molecule is CN1CC(NC2NCCC(N3C[C@H]4CC(C(=O)C5CC5(F)F)C[C@@H](C3)N4)N2)CN1. The van der Waals surface area contributed by atoms with Crippen molar-refractivity contribution in [3.8, 4) is 0 Å². The number of nitrogens with zero attached hydrogens (tertiary/aromatic N) is 2. The first-order valence-corrected chi connectivity index (χ1v) is 11.0. The third kappa shape index (κ3) is 4.34. The number of carbonyl (C=O) groups excluding carboxylic acids is 1. The molecular weight excluding hydrogens is 380 g/mol. The average Bonchev–Trinajstić information content (AvgIpc) is 3.13. The molecule has 5 rings (SSSR count). The Morgan fingerprint density at radius 2 is 1.86 bits per heavy atom. The third-order valence-electron chi connectivity index (χ3n) is 7.16. The van der Waals surface area contributed by atoms with Gasteiger partial charge in [0.25, 0.3) is 5.92 Å². The lowest BCUT2D eigenvalue weighted by atomic mass is 9.81. The van der Waals surface area contributed by atoms with Gasteiger partial charge in [-0.15, -0.1) is 0 Å². The predicted molar refractivity (Wildman–Crippen MR) is 104 cm³/mol. The van der Waals surface area contributed by atoms with Gasteiger partial charge in [-0.2, -0.15) is 0 Å². The fourth-order valence-corrected chi connectivity index (χ4v) is 5.61. The summed E-state index contributed by atoms with van der Waals surface area (Å²) < 4.78 is 26.7. The molecule has 4 heterocycles. The Morgan fingerprint density at radius 3 is 2.48 bits per heavy atom. The highest BCUT2D eigenvalue weighted by Crippen LogP contribution is 2.51. The summed E-state index contributed by atoms with van der Waals surface area (Å²) in [4.78, 5) is 14.9. The molecule has 0 amide bonds. The van der Waals surface area contributed by atoms with Gasteiger partial charge >= 0.3 is 0 Å². The van der Waals surface area contributed by atoms with Gasteiger partial charge in [0, 0.05) is 70.2 Å². The maximum atomic E-state index is 13.3. The van der Waals surface area contributed by atoms with Gasteiger partial charge in [0.2, 0.25) is 0 Å². The number of hydrazine groups is 1. The number of piperidine rings is 1. The lowest BCUT2D eigenvalue weighted by molar-refractivity contribution is -0.128. The number of piperazine rings is 1. The van der Waals surface area contributed by atoms with E-state index in [4.69, 9.17) is 0 Å². The molecule has 2 bridgehead atoms. The molecule has 4 saturated heterocycles. The Morgan fingerprint density at radius 1 is 1.14 bits per heavy atom. The Hall–Kier alpha value is -0.750. The van der Waals surface area contributed by atoms with Crippen molar-refractivity contribution >= 4 is 5.78 Å². The maximum absolute atomic E-state index is 13.3. The van der Waals surface area contributed by atoms with E-state index in [1.807, 2.05) is 7.05 Å². The maximum Gasteiger partial charge on any atom is 0.258 e. The molecule has 5 unspecified atom stereocenters. The van der Waals surface area contributed by atoms with Crippen LogP contribution in [-0.2, 0) is 4.79 Å². The van der Waals surface area contributed by atoms with E-state index in [0.717, 1.165) is 39.1 Å². The Balaban J connectivity index is 1.14. The molecule has 5 fully saturated rings. The molecule has 1 aliphatic carbocycles. The van der Waals surface area contributed by atoms with Crippen molar-refractivity contribution in [3.63, 3.8) is 0 Å². The van der Waals surface area contributed by atoms with Crippen LogP contribution in [0.3, 0.4) is 0 Å². The summed E-state index contributed by atoms with van der Waals surface area (Å²) in [5, 5.41) is 16.5. The standard InChI is InChI=1S/C19H33F2N7O/c1-27-8-14(7-23-27)25-18-22-3-2-16(26-18)28-9-12-4-11(5-13(10-28)24-12)17(29)15-6-19(15,20)21/h11-16,18,22-26H,2-10H2,1H3/t11?,12-,13+,14?,15?,16?,18?. The first-order valence-electron chi connectivity index (χ1n) is 11.0. The minimum atomic E-state index is -2.74. The highest BCUT2D eigenvalue weighted by molar-refractivity contribution is 5.87. The fraction of sp³-hybridized carbons (Fsp3) is 0.947. The molecule has 29 heavy (non-hydrogen) atoms. The van der Waals surface area contributed by atoms with Gasteiger partial charge in [-0.05, 0) is 19.3 Å². The number of carbonyl (C=O) groups is 1. The van der Waals surface area contributed by atoms with E-state index < -0.39 is 11.8 Å². The number of halogens is 2. The summed E-state index contributed by atoms with van der Waals surface area (Å²) in [7, 11) is 2.05. The molecule has 0 radical (unpaired) electrons. The molecule has 1 saturated carbocycles. The summed E-state index contributed by atoms with van der Waals surface area (Å²) in [6, 6.07) is 0.817. The summed E-state index contributed by atoms with van der Waals surface area (Å²) in [6.07, 6.45) is 2.52. The lowest BCUT2D eigenvalue weighted by Crippen LogP contribution is -2.70. The number of nitrogens with one attached hydrogen (secondary N) is 5. The number of alkyl halides is 2. The molecule has 8 nitrogen and oxygen atoms in total. The van der Waals surface area contributed by atoms with Crippen LogP contribution in [0.1, 0.15) is 25.7 Å². The van der Waals surface area contributed by atoms with Crippen molar-refractivity contribution in [3.05, 3.63) is 0 Å². The van der Waals surface area contributed by atoms with Crippen molar-refractivity contribution < 1.29 is 13.6 Å². The van der Waals surface area contributed by atoms with Crippen LogP contribution in [0.25, 0.3) is 0 Å². The number of fused-ring (bicyclic) bond motifs is 2. The van der Waals surface area contributed by atoms with E-state index in [9.17, 15) is 13.6 Å². The van der Waals surface area contributed by atoms with E-state index in [-0.39, 0.29) is 42.7 Å². The van der Waals surface area contributed by atoms with Crippen molar-refractivity contribution in [2.24, 2.45) is 11.8 Å². The number of hydrogen-bond donors (Lipinski definition) is 5. The largest absolute Gasteiger partial charge is 0.309 e. The lowest BCUT2D eigenvalue weighted by Gasteiger charge is -2.49. The van der Waals surface area contributed by atoms with Gasteiger partial charge in [-0.3, -0.25) is 31.1 Å². The highest BCUT2D eigenvalue weighted by atomic mass is 19.3. The van der Waals surface area contributed by atoms with Crippen LogP contribution in [0.2, 0.25) is 0 Å².